The predicted molar refractivity (Wildman–Crippen MR) is 69.6 cm³/mol. The molecule has 17 heavy (non-hydrogen) atoms. The van der Waals surface area contributed by atoms with Crippen LogP contribution >= 0.6 is 11.6 Å². The highest BCUT2D eigenvalue weighted by Crippen LogP contribution is 2.37. The largest absolute Gasteiger partial charge is 0.385 e. The van der Waals surface area contributed by atoms with Gasteiger partial charge in [-0.3, -0.25) is 4.68 Å². The van der Waals surface area contributed by atoms with Crippen molar-refractivity contribution in [3.05, 3.63) is 46.7 Å². The van der Waals surface area contributed by atoms with Crippen LogP contribution in [0.15, 0.2) is 30.5 Å². The number of aryl methyl sites for hydroxylation is 1. The Labute approximate surface area is 105 Å². The van der Waals surface area contributed by atoms with Crippen molar-refractivity contribution in [2.45, 2.75) is 12.3 Å². The summed E-state index contributed by atoms with van der Waals surface area (Å²) in [4.78, 5) is 0. The molecule has 88 valence electrons. The molecule has 1 atom stereocenters. The Bertz CT molecular complexity index is 547. The minimum Gasteiger partial charge on any atom is -0.385 e. The van der Waals surface area contributed by atoms with E-state index in [0.29, 0.717) is 5.92 Å². The summed E-state index contributed by atoms with van der Waals surface area (Å²) in [7, 11) is 1.99. The summed E-state index contributed by atoms with van der Waals surface area (Å²) in [5.74, 6) is 0.387. The number of benzene rings is 1. The average molecular weight is 248 g/mol. The van der Waals surface area contributed by atoms with Crippen molar-refractivity contribution >= 4 is 17.3 Å². The topological polar surface area (TPSA) is 29.9 Å². The van der Waals surface area contributed by atoms with E-state index in [1.54, 1.807) is 0 Å². The maximum atomic E-state index is 6.09. The van der Waals surface area contributed by atoms with Crippen molar-refractivity contribution in [3.63, 3.8) is 0 Å². The third-order valence-electron chi connectivity index (χ3n) is 3.35. The van der Waals surface area contributed by atoms with E-state index in [2.05, 4.69) is 28.6 Å². The van der Waals surface area contributed by atoms with Crippen LogP contribution in [0.25, 0.3) is 0 Å². The molecule has 3 rings (SSSR count). The van der Waals surface area contributed by atoms with Gasteiger partial charge in [-0.05, 0) is 36.2 Å². The normalized spacial score (nSPS) is 18.6. The Morgan fingerprint density at radius 2 is 2.29 bits per heavy atom. The fourth-order valence-electron chi connectivity index (χ4n) is 2.52. The lowest BCUT2D eigenvalue weighted by molar-refractivity contribution is 0.627. The molecular formula is C13H14ClN3. The number of rotatable bonds is 1. The number of hydrogen-bond acceptors (Lipinski definition) is 2. The van der Waals surface area contributed by atoms with Crippen LogP contribution in [0.4, 0.5) is 5.69 Å². The summed E-state index contributed by atoms with van der Waals surface area (Å²) in [5.41, 5.74) is 3.70. The van der Waals surface area contributed by atoms with E-state index in [1.165, 1.54) is 16.9 Å². The molecule has 3 nitrogen and oxygen atoms in total. The van der Waals surface area contributed by atoms with Gasteiger partial charge in [-0.25, -0.2) is 0 Å². The van der Waals surface area contributed by atoms with Gasteiger partial charge in [-0.1, -0.05) is 11.6 Å². The van der Waals surface area contributed by atoms with Crippen LogP contribution in [0, 0.1) is 0 Å². The van der Waals surface area contributed by atoms with Gasteiger partial charge in [0, 0.05) is 42.1 Å². The van der Waals surface area contributed by atoms with Gasteiger partial charge in [0.2, 0.25) is 0 Å². The summed E-state index contributed by atoms with van der Waals surface area (Å²) in [5, 5.41) is 8.45. The fourth-order valence-corrected chi connectivity index (χ4v) is 2.70. The number of aromatic nitrogens is 2. The summed E-state index contributed by atoms with van der Waals surface area (Å²) in [6, 6.07) is 8.13. The first-order chi connectivity index (χ1) is 8.25. The number of halogens is 1. The lowest BCUT2D eigenvalue weighted by Gasteiger charge is -2.27. The molecule has 0 amide bonds. The smallest absolute Gasteiger partial charge is 0.0492 e. The first kappa shape index (κ1) is 10.7. The van der Waals surface area contributed by atoms with Crippen LogP contribution in [-0.2, 0) is 7.05 Å². The van der Waals surface area contributed by atoms with Gasteiger partial charge in [0.25, 0.3) is 0 Å². The van der Waals surface area contributed by atoms with Crippen molar-refractivity contribution in [2.24, 2.45) is 7.05 Å². The molecule has 1 unspecified atom stereocenters. The van der Waals surface area contributed by atoms with Crippen molar-refractivity contribution in [3.8, 4) is 0 Å². The van der Waals surface area contributed by atoms with E-state index in [9.17, 15) is 0 Å². The van der Waals surface area contributed by atoms with E-state index in [-0.39, 0.29) is 0 Å². The lowest BCUT2D eigenvalue weighted by atomic mass is 9.88. The van der Waals surface area contributed by atoms with Crippen molar-refractivity contribution < 1.29 is 0 Å². The highest BCUT2D eigenvalue weighted by molar-refractivity contribution is 6.30. The Morgan fingerprint density at radius 1 is 1.41 bits per heavy atom. The molecule has 0 saturated heterocycles. The highest BCUT2D eigenvalue weighted by atomic mass is 35.5. The number of hydrogen-bond donors (Lipinski definition) is 1. The van der Waals surface area contributed by atoms with Crippen LogP contribution in [0.5, 0.6) is 0 Å². The van der Waals surface area contributed by atoms with Crippen LogP contribution in [0.1, 0.15) is 23.6 Å². The van der Waals surface area contributed by atoms with Crippen LogP contribution < -0.4 is 5.32 Å². The molecule has 0 bridgehead atoms. The Morgan fingerprint density at radius 3 is 3.06 bits per heavy atom. The van der Waals surface area contributed by atoms with Crippen LogP contribution in [0.2, 0.25) is 5.02 Å². The third kappa shape index (κ3) is 1.80. The molecule has 0 radical (unpaired) electrons. The van der Waals surface area contributed by atoms with Gasteiger partial charge in [0.05, 0.1) is 0 Å². The Hall–Kier alpha value is -1.48. The fraction of sp³-hybridized carbons (Fsp3) is 0.308. The summed E-state index contributed by atoms with van der Waals surface area (Å²) in [6.07, 6.45) is 2.93. The summed E-state index contributed by atoms with van der Waals surface area (Å²) in [6.45, 7) is 0.991. The molecule has 0 spiro atoms. The molecule has 1 aliphatic heterocycles. The molecule has 2 aromatic rings. The zero-order valence-corrected chi connectivity index (χ0v) is 10.4. The summed E-state index contributed by atoms with van der Waals surface area (Å²) >= 11 is 6.09. The highest BCUT2D eigenvalue weighted by Gasteiger charge is 2.23. The molecule has 0 saturated carbocycles. The first-order valence-electron chi connectivity index (χ1n) is 5.77. The van der Waals surface area contributed by atoms with Crippen molar-refractivity contribution in [1.29, 1.82) is 0 Å². The number of nitrogens with one attached hydrogen (secondary N) is 1. The maximum Gasteiger partial charge on any atom is 0.0492 e. The van der Waals surface area contributed by atoms with Gasteiger partial charge in [0.15, 0.2) is 0 Å². The molecule has 0 aliphatic carbocycles. The van der Waals surface area contributed by atoms with E-state index in [0.717, 1.165) is 18.0 Å². The molecule has 1 N–H and O–H groups in total. The van der Waals surface area contributed by atoms with E-state index < -0.39 is 0 Å². The standard InChI is InChI=1S/C13H14ClN3/c1-17-13(5-7-16-17)10-4-6-15-12-3-2-9(14)8-11(10)12/h2-3,5,7-8,10,15H,4,6H2,1H3. The molecule has 1 aromatic carbocycles. The molecular weight excluding hydrogens is 234 g/mol. The molecule has 0 fully saturated rings. The van der Waals surface area contributed by atoms with Gasteiger partial charge < -0.3 is 5.32 Å². The third-order valence-corrected chi connectivity index (χ3v) is 3.59. The first-order valence-corrected chi connectivity index (χ1v) is 6.15. The van der Waals surface area contributed by atoms with Gasteiger partial charge >= 0.3 is 0 Å². The average Bonchev–Trinajstić information content (AvgIpc) is 2.74. The number of nitrogens with zero attached hydrogens (tertiary/aromatic N) is 2. The summed E-state index contributed by atoms with van der Waals surface area (Å²) < 4.78 is 1.95. The van der Waals surface area contributed by atoms with Crippen LogP contribution in [-0.4, -0.2) is 16.3 Å². The predicted octanol–water partition coefficient (Wildman–Crippen LogP) is 3.02. The Kier molecular flexibility index (Phi) is 2.56. The minimum atomic E-state index is 0.387. The van der Waals surface area contributed by atoms with Gasteiger partial charge in [-0.15, -0.1) is 0 Å². The quantitative estimate of drug-likeness (QED) is 0.840. The molecule has 1 aromatic heterocycles. The monoisotopic (exact) mass is 247 g/mol. The second-order valence-electron chi connectivity index (χ2n) is 4.38. The van der Waals surface area contributed by atoms with E-state index in [1.807, 2.05) is 24.0 Å². The van der Waals surface area contributed by atoms with Crippen LogP contribution in [0.3, 0.4) is 0 Å². The molecule has 2 heterocycles. The van der Waals surface area contributed by atoms with Gasteiger partial charge in [-0.2, -0.15) is 5.10 Å². The van der Waals surface area contributed by atoms with E-state index >= 15 is 0 Å². The zero-order chi connectivity index (χ0) is 11.8. The number of anilines is 1. The zero-order valence-electron chi connectivity index (χ0n) is 9.65. The van der Waals surface area contributed by atoms with E-state index in [4.69, 9.17) is 11.6 Å². The maximum absolute atomic E-state index is 6.09. The Balaban J connectivity index is 2.10. The van der Waals surface area contributed by atoms with Crippen molar-refractivity contribution in [1.82, 2.24) is 9.78 Å². The van der Waals surface area contributed by atoms with Gasteiger partial charge in [0.1, 0.15) is 0 Å². The lowest BCUT2D eigenvalue weighted by Crippen LogP contribution is -2.19. The second kappa shape index (κ2) is 4.08. The second-order valence-corrected chi connectivity index (χ2v) is 4.82. The number of fused-ring (bicyclic) bond motifs is 1. The van der Waals surface area contributed by atoms with Crippen molar-refractivity contribution in [2.75, 3.05) is 11.9 Å². The molecule has 4 heteroatoms. The SMILES string of the molecule is Cn1nccc1C1CCNc2ccc(Cl)cc21. The molecule has 1 aliphatic rings. The minimum absolute atomic E-state index is 0.387.